The maximum Gasteiger partial charge on any atom is 0.220 e. The first-order chi connectivity index (χ1) is 9.20. The molecule has 0 saturated carbocycles. The number of benzene rings is 1. The number of rotatable bonds is 5. The first-order valence-electron chi connectivity index (χ1n) is 6.82. The van der Waals surface area contributed by atoms with Crippen LogP contribution in [0.1, 0.15) is 32.3 Å². The molecule has 0 aliphatic carbocycles. The van der Waals surface area contributed by atoms with Gasteiger partial charge in [-0.1, -0.05) is 25.1 Å². The molecular formula is C16H20N2O. The second-order valence-electron chi connectivity index (χ2n) is 4.86. The molecule has 2 rings (SSSR count). The molecule has 0 unspecified atom stereocenters. The van der Waals surface area contributed by atoms with Crippen molar-refractivity contribution in [3.63, 3.8) is 0 Å². The smallest absolute Gasteiger partial charge is 0.220 e. The van der Waals surface area contributed by atoms with Gasteiger partial charge in [-0.05, 0) is 37.5 Å². The van der Waals surface area contributed by atoms with E-state index in [0.29, 0.717) is 6.42 Å². The number of carbonyl (C=O) groups excluding carboxylic acids is 1. The van der Waals surface area contributed by atoms with E-state index in [-0.39, 0.29) is 11.9 Å². The fourth-order valence-corrected chi connectivity index (χ4v) is 2.07. The van der Waals surface area contributed by atoms with E-state index in [1.165, 1.54) is 5.56 Å². The summed E-state index contributed by atoms with van der Waals surface area (Å²) in [5.41, 5.74) is 2.17. The van der Waals surface area contributed by atoms with Gasteiger partial charge in [-0.2, -0.15) is 0 Å². The molecule has 1 amide bonds. The van der Waals surface area contributed by atoms with E-state index < -0.39 is 0 Å². The van der Waals surface area contributed by atoms with E-state index in [4.69, 9.17) is 0 Å². The number of aryl methyl sites for hydroxylation is 1. The summed E-state index contributed by atoms with van der Waals surface area (Å²) in [6, 6.07) is 10.3. The van der Waals surface area contributed by atoms with Gasteiger partial charge in [0.1, 0.15) is 0 Å². The minimum absolute atomic E-state index is 0.121. The van der Waals surface area contributed by atoms with E-state index in [1.54, 1.807) is 0 Å². The third-order valence-corrected chi connectivity index (χ3v) is 3.38. The predicted octanol–water partition coefficient (Wildman–Crippen LogP) is 3.08. The monoisotopic (exact) mass is 256 g/mol. The molecule has 1 atom stereocenters. The molecule has 1 heterocycles. The molecule has 0 fully saturated rings. The number of fused-ring (bicyclic) bond motifs is 1. The number of amides is 1. The maximum atomic E-state index is 11.8. The zero-order valence-corrected chi connectivity index (χ0v) is 11.5. The van der Waals surface area contributed by atoms with Gasteiger partial charge < -0.3 is 5.32 Å². The summed E-state index contributed by atoms with van der Waals surface area (Å²) < 4.78 is 0. The Labute approximate surface area is 114 Å². The van der Waals surface area contributed by atoms with Crippen molar-refractivity contribution < 1.29 is 4.79 Å². The van der Waals surface area contributed by atoms with Gasteiger partial charge in [-0.25, -0.2) is 0 Å². The normalized spacial score (nSPS) is 12.3. The molecule has 1 N–H and O–H groups in total. The molecule has 0 bridgehead atoms. The summed E-state index contributed by atoms with van der Waals surface area (Å²) in [5, 5.41) is 4.13. The highest BCUT2D eigenvalue weighted by molar-refractivity contribution is 5.83. The molecule has 1 aromatic carbocycles. The van der Waals surface area contributed by atoms with E-state index in [0.717, 1.165) is 23.7 Å². The Morgan fingerprint density at radius 2 is 2.11 bits per heavy atom. The summed E-state index contributed by atoms with van der Waals surface area (Å²) in [7, 11) is 0. The van der Waals surface area contributed by atoms with Crippen molar-refractivity contribution >= 4 is 16.8 Å². The molecule has 3 nitrogen and oxygen atoms in total. The van der Waals surface area contributed by atoms with Crippen LogP contribution in [0.15, 0.2) is 36.5 Å². The summed E-state index contributed by atoms with van der Waals surface area (Å²) in [5.74, 6) is 0.121. The van der Waals surface area contributed by atoms with Crippen molar-refractivity contribution in [1.82, 2.24) is 10.3 Å². The lowest BCUT2D eigenvalue weighted by atomic mass is 10.0. The Hall–Kier alpha value is -1.90. The van der Waals surface area contributed by atoms with Gasteiger partial charge in [0.05, 0.1) is 5.52 Å². The highest BCUT2D eigenvalue weighted by Crippen LogP contribution is 2.17. The van der Waals surface area contributed by atoms with Gasteiger partial charge >= 0.3 is 0 Å². The number of nitrogens with zero attached hydrogens (tertiary/aromatic N) is 1. The third-order valence-electron chi connectivity index (χ3n) is 3.38. The first kappa shape index (κ1) is 13.5. The van der Waals surface area contributed by atoms with Gasteiger partial charge in [0, 0.05) is 24.0 Å². The van der Waals surface area contributed by atoms with Crippen molar-refractivity contribution in [1.29, 1.82) is 0 Å². The van der Waals surface area contributed by atoms with Gasteiger partial charge in [0.15, 0.2) is 0 Å². The average Bonchev–Trinajstić information content (AvgIpc) is 2.44. The van der Waals surface area contributed by atoms with Crippen molar-refractivity contribution in [3.8, 4) is 0 Å². The van der Waals surface area contributed by atoms with Crippen LogP contribution in [-0.4, -0.2) is 16.9 Å². The summed E-state index contributed by atoms with van der Waals surface area (Å²) in [6.07, 6.45) is 4.05. The molecule has 0 saturated heterocycles. The molecule has 0 radical (unpaired) electrons. The maximum absolute atomic E-state index is 11.8. The second-order valence-corrected chi connectivity index (χ2v) is 4.86. The molecule has 0 spiro atoms. The number of nitrogens with one attached hydrogen (secondary N) is 1. The van der Waals surface area contributed by atoms with E-state index >= 15 is 0 Å². The molecule has 0 aliphatic heterocycles. The average molecular weight is 256 g/mol. The number of hydrogen-bond acceptors (Lipinski definition) is 2. The Kier molecular flexibility index (Phi) is 4.50. The molecule has 3 heteroatoms. The Morgan fingerprint density at radius 1 is 1.32 bits per heavy atom. The van der Waals surface area contributed by atoms with Crippen LogP contribution >= 0.6 is 0 Å². The SMILES string of the molecule is CC[C@@H](C)NC(=O)CCc1ccnc2ccccc12. The van der Waals surface area contributed by atoms with E-state index in [9.17, 15) is 4.79 Å². The van der Waals surface area contributed by atoms with E-state index in [1.807, 2.05) is 37.4 Å². The molecule has 100 valence electrons. The quantitative estimate of drug-likeness (QED) is 0.893. The molecule has 2 aromatic rings. The zero-order valence-electron chi connectivity index (χ0n) is 11.5. The van der Waals surface area contributed by atoms with Crippen LogP contribution in [0.25, 0.3) is 10.9 Å². The molecule has 19 heavy (non-hydrogen) atoms. The van der Waals surface area contributed by atoms with Crippen LogP contribution in [0, 0.1) is 0 Å². The lowest BCUT2D eigenvalue weighted by molar-refractivity contribution is -0.121. The first-order valence-corrected chi connectivity index (χ1v) is 6.82. The fourth-order valence-electron chi connectivity index (χ4n) is 2.07. The Morgan fingerprint density at radius 3 is 2.89 bits per heavy atom. The summed E-state index contributed by atoms with van der Waals surface area (Å²) in [6.45, 7) is 4.10. The molecule has 1 aromatic heterocycles. The van der Waals surface area contributed by atoms with Crippen LogP contribution in [0.5, 0.6) is 0 Å². The molecular weight excluding hydrogens is 236 g/mol. The minimum atomic E-state index is 0.121. The van der Waals surface area contributed by atoms with E-state index in [2.05, 4.69) is 23.3 Å². The number of para-hydroxylation sites is 1. The van der Waals surface area contributed by atoms with Gasteiger partial charge in [0.2, 0.25) is 5.91 Å². The summed E-state index contributed by atoms with van der Waals surface area (Å²) in [4.78, 5) is 16.1. The zero-order chi connectivity index (χ0) is 13.7. The van der Waals surface area contributed by atoms with Crippen LogP contribution in [0.3, 0.4) is 0 Å². The number of aromatic nitrogens is 1. The lowest BCUT2D eigenvalue weighted by Crippen LogP contribution is -2.32. The third kappa shape index (κ3) is 3.53. The van der Waals surface area contributed by atoms with Gasteiger partial charge in [-0.3, -0.25) is 9.78 Å². The minimum Gasteiger partial charge on any atom is -0.354 e. The van der Waals surface area contributed by atoms with Crippen molar-refractivity contribution in [2.24, 2.45) is 0 Å². The van der Waals surface area contributed by atoms with Crippen molar-refractivity contribution in [3.05, 3.63) is 42.1 Å². The Balaban J connectivity index is 2.04. The highest BCUT2D eigenvalue weighted by atomic mass is 16.1. The van der Waals surface area contributed by atoms with Crippen molar-refractivity contribution in [2.75, 3.05) is 0 Å². The Bertz CT molecular complexity index is 560. The van der Waals surface area contributed by atoms with Crippen LogP contribution in [0.4, 0.5) is 0 Å². The number of carbonyl (C=O) groups is 1. The topological polar surface area (TPSA) is 42.0 Å². The number of pyridine rings is 1. The number of hydrogen-bond donors (Lipinski definition) is 1. The lowest BCUT2D eigenvalue weighted by Gasteiger charge is -2.11. The van der Waals surface area contributed by atoms with Crippen LogP contribution in [0.2, 0.25) is 0 Å². The standard InChI is InChI=1S/C16H20N2O/c1-3-12(2)18-16(19)9-8-13-10-11-17-15-7-5-4-6-14(13)15/h4-7,10-12H,3,8-9H2,1-2H3,(H,18,19)/t12-/m1/s1. The van der Waals surface area contributed by atoms with Crippen molar-refractivity contribution in [2.45, 2.75) is 39.2 Å². The largest absolute Gasteiger partial charge is 0.354 e. The van der Waals surface area contributed by atoms with Gasteiger partial charge in [0.25, 0.3) is 0 Å². The predicted molar refractivity (Wildman–Crippen MR) is 78.0 cm³/mol. The molecule has 0 aliphatic rings. The van der Waals surface area contributed by atoms with Crippen LogP contribution in [-0.2, 0) is 11.2 Å². The highest BCUT2D eigenvalue weighted by Gasteiger charge is 2.07. The van der Waals surface area contributed by atoms with Gasteiger partial charge in [-0.15, -0.1) is 0 Å². The second kappa shape index (κ2) is 6.32. The van der Waals surface area contributed by atoms with Crippen LogP contribution < -0.4 is 5.32 Å². The fraction of sp³-hybridized carbons (Fsp3) is 0.375. The summed E-state index contributed by atoms with van der Waals surface area (Å²) >= 11 is 0.